The second-order valence-corrected chi connectivity index (χ2v) is 4.88. The van der Waals surface area contributed by atoms with Gasteiger partial charge in [-0.3, -0.25) is 4.90 Å². The van der Waals surface area contributed by atoms with E-state index < -0.39 is 0 Å². The molecule has 1 aliphatic rings. The molecule has 0 aromatic heterocycles. The summed E-state index contributed by atoms with van der Waals surface area (Å²) in [7, 11) is 0. The van der Waals surface area contributed by atoms with Crippen LogP contribution in [0.3, 0.4) is 0 Å². The SMILES string of the molecule is Cc1ccc(C(N)=NO)c(OCCN2CCCC2)c1. The van der Waals surface area contributed by atoms with Crippen molar-refractivity contribution in [2.45, 2.75) is 19.8 Å². The lowest BCUT2D eigenvalue weighted by Gasteiger charge is -2.16. The predicted octanol–water partition coefficient (Wildman–Crippen LogP) is 1.56. The van der Waals surface area contributed by atoms with Gasteiger partial charge in [-0.15, -0.1) is 0 Å². The van der Waals surface area contributed by atoms with E-state index in [0.29, 0.717) is 17.9 Å². The van der Waals surface area contributed by atoms with Crippen molar-refractivity contribution in [3.05, 3.63) is 29.3 Å². The van der Waals surface area contributed by atoms with Crippen molar-refractivity contribution in [1.29, 1.82) is 0 Å². The summed E-state index contributed by atoms with van der Waals surface area (Å²) in [6.45, 7) is 5.84. The number of hydrogen-bond acceptors (Lipinski definition) is 4. The highest BCUT2D eigenvalue weighted by Gasteiger charge is 2.12. The summed E-state index contributed by atoms with van der Waals surface area (Å²) in [6, 6.07) is 5.65. The molecule has 0 spiro atoms. The maximum absolute atomic E-state index is 8.78. The zero-order valence-corrected chi connectivity index (χ0v) is 11.3. The minimum absolute atomic E-state index is 0.0798. The number of rotatable bonds is 5. The van der Waals surface area contributed by atoms with Crippen molar-refractivity contribution in [1.82, 2.24) is 4.90 Å². The number of ether oxygens (including phenoxy) is 1. The molecule has 1 aliphatic heterocycles. The van der Waals surface area contributed by atoms with Crippen LogP contribution in [0, 0.1) is 6.92 Å². The fourth-order valence-electron chi connectivity index (χ4n) is 2.31. The molecule has 0 radical (unpaired) electrons. The van der Waals surface area contributed by atoms with Crippen LogP contribution in [0.5, 0.6) is 5.75 Å². The van der Waals surface area contributed by atoms with Gasteiger partial charge in [-0.25, -0.2) is 0 Å². The lowest BCUT2D eigenvalue weighted by atomic mass is 10.1. The Balaban J connectivity index is 1.99. The summed E-state index contributed by atoms with van der Waals surface area (Å²) in [4.78, 5) is 2.39. The van der Waals surface area contributed by atoms with Gasteiger partial charge in [0.2, 0.25) is 0 Å². The van der Waals surface area contributed by atoms with Crippen LogP contribution in [0.15, 0.2) is 23.4 Å². The Labute approximate surface area is 113 Å². The van der Waals surface area contributed by atoms with Gasteiger partial charge in [-0.05, 0) is 50.6 Å². The summed E-state index contributed by atoms with van der Waals surface area (Å²) in [6.07, 6.45) is 2.56. The molecule has 1 saturated heterocycles. The fourth-order valence-corrected chi connectivity index (χ4v) is 2.31. The molecule has 5 nitrogen and oxygen atoms in total. The molecule has 0 atom stereocenters. The number of amidine groups is 1. The van der Waals surface area contributed by atoms with Crippen molar-refractivity contribution in [2.24, 2.45) is 10.9 Å². The average molecular weight is 263 g/mol. The van der Waals surface area contributed by atoms with Gasteiger partial charge >= 0.3 is 0 Å². The Bertz CT molecular complexity index is 454. The Morgan fingerprint density at radius 1 is 1.42 bits per heavy atom. The first kappa shape index (κ1) is 13.7. The van der Waals surface area contributed by atoms with Crippen molar-refractivity contribution in [2.75, 3.05) is 26.2 Å². The molecule has 1 fully saturated rings. The Hall–Kier alpha value is -1.75. The van der Waals surface area contributed by atoms with Crippen molar-refractivity contribution in [3.63, 3.8) is 0 Å². The van der Waals surface area contributed by atoms with E-state index in [0.717, 1.165) is 25.2 Å². The summed E-state index contributed by atoms with van der Waals surface area (Å²) in [5.74, 6) is 0.755. The molecule has 19 heavy (non-hydrogen) atoms. The van der Waals surface area contributed by atoms with Crippen LogP contribution in [0.25, 0.3) is 0 Å². The van der Waals surface area contributed by atoms with Gasteiger partial charge in [0.1, 0.15) is 12.4 Å². The predicted molar refractivity (Wildman–Crippen MR) is 74.9 cm³/mol. The Morgan fingerprint density at radius 3 is 2.84 bits per heavy atom. The summed E-state index contributed by atoms with van der Waals surface area (Å²) >= 11 is 0. The zero-order chi connectivity index (χ0) is 13.7. The molecule has 104 valence electrons. The average Bonchev–Trinajstić information content (AvgIpc) is 2.91. The third-order valence-corrected chi connectivity index (χ3v) is 3.38. The van der Waals surface area contributed by atoms with Crippen LogP contribution in [0.1, 0.15) is 24.0 Å². The minimum atomic E-state index is 0.0798. The first-order chi connectivity index (χ1) is 9.20. The third-order valence-electron chi connectivity index (χ3n) is 3.38. The van der Waals surface area contributed by atoms with E-state index in [4.69, 9.17) is 15.7 Å². The summed E-state index contributed by atoms with van der Waals surface area (Å²) < 4.78 is 5.79. The van der Waals surface area contributed by atoms with E-state index in [1.165, 1.54) is 12.8 Å². The van der Waals surface area contributed by atoms with Gasteiger partial charge in [-0.2, -0.15) is 0 Å². The number of oxime groups is 1. The number of hydrogen-bond donors (Lipinski definition) is 2. The maximum atomic E-state index is 8.78. The van der Waals surface area contributed by atoms with Gasteiger partial charge in [0.15, 0.2) is 5.84 Å². The first-order valence-electron chi connectivity index (χ1n) is 6.64. The van der Waals surface area contributed by atoms with Crippen molar-refractivity contribution in [3.8, 4) is 5.75 Å². The standard InChI is InChI=1S/C14H21N3O2/c1-11-4-5-12(14(15)16-18)13(10-11)19-9-8-17-6-2-3-7-17/h4-5,10,18H,2-3,6-9H2,1H3,(H2,15,16). The lowest BCUT2D eigenvalue weighted by Crippen LogP contribution is -2.25. The maximum Gasteiger partial charge on any atom is 0.173 e. The number of nitrogens with two attached hydrogens (primary N) is 1. The van der Waals surface area contributed by atoms with Crippen LogP contribution >= 0.6 is 0 Å². The van der Waals surface area contributed by atoms with E-state index in [-0.39, 0.29) is 5.84 Å². The van der Waals surface area contributed by atoms with E-state index in [2.05, 4.69) is 10.1 Å². The molecule has 1 heterocycles. The smallest absolute Gasteiger partial charge is 0.173 e. The molecule has 5 heteroatoms. The van der Waals surface area contributed by atoms with Gasteiger partial charge in [0.05, 0.1) is 5.56 Å². The molecule has 1 aromatic carbocycles. The highest BCUT2D eigenvalue weighted by atomic mass is 16.5. The van der Waals surface area contributed by atoms with E-state index >= 15 is 0 Å². The molecule has 0 unspecified atom stereocenters. The summed E-state index contributed by atoms with van der Waals surface area (Å²) in [5, 5.41) is 11.8. The molecular weight excluding hydrogens is 242 g/mol. The van der Waals surface area contributed by atoms with Crippen LogP contribution in [-0.4, -0.2) is 42.2 Å². The van der Waals surface area contributed by atoms with E-state index in [1.807, 2.05) is 25.1 Å². The number of likely N-dealkylation sites (tertiary alicyclic amines) is 1. The quantitative estimate of drug-likeness (QED) is 0.366. The second-order valence-electron chi connectivity index (χ2n) is 4.88. The monoisotopic (exact) mass is 263 g/mol. The Morgan fingerprint density at radius 2 is 2.16 bits per heavy atom. The molecule has 0 aliphatic carbocycles. The zero-order valence-electron chi connectivity index (χ0n) is 11.3. The molecule has 0 bridgehead atoms. The van der Waals surface area contributed by atoms with Gasteiger partial charge < -0.3 is 15.7 Å². The molecule has 2 rings (SSSR count). The summed E-state index contributed by atoms with van der Waals surface area (Å²) in [5.41, 5.74) is 7.37. The van der Waals surface area contributed by atoms with E-state index in [1.54, 1.807) is 0 Å². The van der Waals surface area contributed by atoms with Crippen LogP contribution in [0.4, 0.5) is 0 Å². The van der Waals surface area contributed by atoms with Crippen LogP contribution < -0.4 is 10.5 Å². The van der Waals surface area contributed by atoms with Gasteiger partial charge in [0, 0.05) is 6.54 Å². The molecule has 0 amide bonds. The molecule has 1 aromatic rings. The van der Waals surface area contributed by atoms with Crippen LogP contribution in [-0.2, 0) is 0 Å². The van der Waals surface area contributed by atoms with Crippen LogP contribution in [0.2, 0.25) is 0 Å². The highest BCUT2D eigenvalue weighted by Crippen LogP contribution is 2.20. The van der Waals surface area contributed by atoms with E-state index in [9.17, 15) is 0 Å². The normalized spacial score (nSPS) is 16.8. The number of aryl methyl sites for hydroxylation is 1. The fraction of sp³-hybridized carbons (Fsp3) is 0.500. The Kier molecular flexibility index (Phi) is 4.63. The lowest BCUT2D eigenvalue weighted by molar-refractivity contribution is 0.237. The number of nitrogens with zero attached hydrogens (tertiary/aromatic N) is 2. The largest absolute Gasteiger partial charge is 0.491 e. The highest BCUT2D eigenvalue weighted by molar-refractivity contribution is 5.99. The molecule has 3 N–H and O–H groups in total. The van der Waals surface area contributed by atoms with Gasteiger partial charge in [-0.1, -0.05) is 11.2 Å². The molecular formula is C14H21N3O2. The minimum Gasteiger partial charge on any atom is -0.491 e. The van der Waals surface area contributed by atoms with Crippen molar-refractivity contribution >= 4 is 5.84 Å². The topological polar surface area (TPSA) is 71.1 Å². The first-order valence-corrected chi connectivity index (χ1v) is 6.64. The second kappa shape index (κ2) is 6.43. The third kappa shape index (κ3) is 3.61. The molecule has 0 saturated carbocycles. The van der Waals surface area contributed by atoms with Gasteiger partial charge in [0.25, 0.3) is 0 Å². The van der Waals surface area contributed by atoms with Crippen molar-refractivity contribution < 1.29 is 9.94 Å². The number of benzene rings is 1.